The van der Waals surface area contributed by atoms with Gasteiger partial charge in [-0.25, -0.2) is 0 Å². The van der Waals surface area contributed by atoms with Crippen LogP contribution in [0.4, 0.5) is 5.13 Å². The Kier molecular flexibility index (Phi) is 11.2. The van der Waals surface area contributed by atoms with E-state index in [0.29, 0.717) is 51.3 Å². The van der Waals surface area contributed by atoms with Gasteiger partial charge in [-0.05, 0) is 60.2 Å². The molecule has 3 aromatic carbocycles. The van der Waals surface area contributed by atoms with Crippen molar-refractivity contribution in [3.8, 4) is 11.5 Å². The Morgan fingerprint density at radius 3 is 2.57 bits per heavy atom. The standard InChI is InChI=1S/C35H34ClN3O5S2/c1-4-43-29-20-24(15-17-28(29)44-19-18-22(2)3)31-30(27(40)16-14-23-10-6-5-7-11-23)32(41)33(42)39(31)34-37-38-35(46-34)45-21-25-12-8-9-13-26(25)36/h5-17,20,22,31,41H,4,18-19,21H2,1-3H3/b16-14+. The third-order valence-corrected chi connectivity index (χ3v) is 9.62. The van der Waals surface area contributed by atoms with Crippen LogP contribution in [0.25, 0.3) is 6.08 Å². The number of aliphatic hydroxyl groups is 1. The quantitative estimate of drug-likeness (QED) is 0.0807. The SMILES string of the molecule is CCOc1cc(C2C(C(=O)/C=C/c3ccccc3)=C(O)C(=O)N2c2nnc(SCc3ccccc3Cl)s2)ccc1OCCC(C)C. The highest BCUT2D eigenvalue weighted by molar-refractivity contribution is 8.00. The maximum absolute atomic E-state index is 13.7. The van der Waals surface area contributed by atoms with Gasteiger partial charge < -0.3 is 14.6 Å². The van der Waals surface area contributed by atoms with E-state index >= 15 is 0 Å². The van der Waals surface area contributed by atoms with Crippen LogP contribution in [0, 0.1) is 5.92 Å². The Bertz CT molecular complexity index is 1760. The molecule has 1 aliphatic rings. The summed E-state index contributed by atoms with van der Waals surface area (Å²) in [5.41, 5.74) is 2.24. The largest absolute Gasteiger partial charge is 0.503 e. The number of aromatic nitrogens is 2. The molecule has 1 aliphatic heterocycles. The minimum Gasteiger partial charge on any atom is -0.503 e. The summed E-state index contributed by atoms with van der Waals surface area (Å²) in [6.07, 6.45) is 3.89. The number of benzene rings is 3. The van der Waals surface area contributed by atoms with Gasteiger partial charge in [-0.3, -0.25) is 14.5 Å². The summed E-state index contributed by atoms with van der Waals surface area (Å²) < 4.78 is 12.6. The second kappa shape index (κ2) is 15.4. The van der Waals surface area contributed by atoms with Crippen LogP contribution in [0.5, 0.6) is 11.5 Å². The van der Waals surface area contributed by atoms with Gasteiger partial charge in [0.1, 0.15) is 0 Å². The molecule has 4 aromatic rings. The number of allylic oxidation sites excluding steroid dienone is 1. The van der Waals surface area contributed by atoms with E-state index in [1.54, 1.807) is 24.3 Å². The van der Waals surface area contributed by atoms with Crippen LogP contribution in [0.15, 0.2) is 94.5 Å². The van der Waals surface area contributed by atoms with Crippen molar-refractivity contribution in [1.82, 2.24) is 10.2 Å². The summed E-state index contributed by atoms with van der Waals surface area (Å²) in [5, 5.41) is 20.7. The predicted octanol–water partition coefficient (Wildman–Crippen LogP) is 8.49. The zero-order valence-electron chi connectivity index (χ0n) is 25.7. The number of halogens is 1. The molecule has 0 bridgehead atoms. The minimum absolute atomic E-state index is 0.0615. The summed E-state index contributed by atoms with van der Waals surface area (Å²) >= 11 is 8.96. The molecule has 0 fully saturated rings. The Labute approximate surface area is 281 Å². The molecular formula is C35H34ClN3O5S2. The Balaban J connectivity index is 1.50. The van der Waals surface area contributed by atoms with Crippen molar-refractivity contribution in [2.75, 3.05) is 18.1 Å². The number of amides is 1. The monoisotopic (exact) mass is 675 g/mol. The van der Waals surface area contributed by atoms with Gasteiger partial charge in [0.05, 0.1) is 24.8 Å². The number of hydrogen-bond acceptors (Lipinski definition) is 9. The van der Waals surface area contributed by atoms with Crippen LogP contribution in [-0.2, 0) is 15.3 Å². The minimum atomic E-state index is -0.987. The van der Waals surface area contributed by atoms with Crippen LogP contribution < -0.4 is 14.4 Å². The number of ketones is 1. The first-order valence-corrected chi connectivity index (χ1v) is 17.1. The molecular weight excluding hydrogens is 642 g/mol. The molecule has 0 spiro atoms. The molecule has 11 heteroatoms. The van der Waals surface area contributed by atoms with E-state index in [1.165, 1.54) is 34.1 Å². The van der Waals surface area contributed by atoms with Gasteiger partial charge in [-0.15, -0.1) is 10.2 Å². The number of rotatable bonds is 14. The third-order valence-electron chi connectivity index (χ3n) is 7.15. The van der Waals surface area contributed by atoms with E-state index in [2.05, 4.69) is 24.0 Å². The molecule has 46 heavy (non-hydrogen) atoms. The molecule has 1 N–H and O–H groups in total. The lowest BCUT2D eigenvalue weighted by Gasteiger charge is -2.24. The van der Waals surface area contributed by atoms with Gasteiger partial charge >= 0.3 is 0 Å². The first-order chi connectivity index (χ1) is 22.3. The van der Waals surface area contributed by atoms with Crippen molar-refractivity contribution in [2.24, 2.45) is 5.92 Å². The lowest BCUT2D eigenvalue weighted by molar-refractivity contribution is -0.117. The summed E-state index contributed by atoms with van der Waals surface area (Å²) in [7, 11) is 0. The zero-order valence-corrected chi connectivity index (χ0v) is 28.1. The van der Waals surface area contributed by atoms with E-state index in [4.69, 9.17) is 21.1 Å². The Morgan fingerprint density at radius 2 is 1.83 bits per heavy atom. The molecule has 5 rings (SSSR count). The second-order valence-electron chi connectivity index (χ2n) is 10.8. The molecule has 1 atom stereocenters. The average Bonchev–Trinajstić information content (AvgIpc) is 3.62. The molecule has 0 aliphatic carbocycles. The fourth-order valence-electron chi connectivity index (χ4n) is 4.80. The third kappa shape index (κ3) is 7.81. The number of anilines is 1. The first kappa shape index (κ1) is 33.2. The second-order valence-corrected chi connectivity index (χ2v) is 13.4. The highest BCUT2D eigenvalue weighted by Gasteiger charge is 2.45. The van der Waals surface area contributed by atoms with E-state index in [9.17, 15) is 14.7 Å². The van der Waals surface area contributed by atoms with Crippen molar-refractivity contribution < 1.29 is 24.2 Å². The molecule has 1 unspecified atom stereocenters. The van der Waals surface area contributed by atoms with Crippen molar-refractivity contribution in [2.45, 2.75) is 43.3 Å². The maximum atomic E-state index is 13.7. The lowest BCUT2D eigenvalue weighted by atomic mass is 9.95. The van der Waals surface area contributed by atoms with E-state index in [1.807, 2.05) is 61.5 Å². The van der Waals surface area contributed by atoms with Gasteiger partial charge in [0.15, 0.2) is 27.4 Å². The molecule has 8 nitrogen and oxygen atoms in total. The van der Waals surface area contributed by atoms with Crippen LogP contribution in [0.1, 0.15) is 49.9 Å². The number of ether oxygens (including phenoxy) is 2. The summed E-state index contributed by atoms with van der Waals surface area (Å²) in [5.74, 6) is 0.176. The molecule has 1 amide bonds. The smallest absolute Gasteiger partial charge is 0.296 e. The highest BCUT2D eigenvalue weighted by Crippen LogP contribution is 2.45. The molecule has 0 saturated carbocycles. The van der Waals surface area contributed by atoms with E-state index in [0.717, 1.165) is 17.5 Å². The molecule has 0 saturated heterocycles. The number of carbonyl (C=O) groups is 2. The predicted molar refractivity (Wildman–Crippen MR) is 184 cm³/mol. The number of nitrogens with zero attached hydrogens (tertiary/aromatic N) is 3. The lowest BCUT2D eigenvalue weighted by Crippen LogP contribution is -2.31. The van der Waals surface area contributed by atoms with Crippen molar-refractivity contribution >= 4 is 57.6 Å². The normalized spacial score (nSPS) is 14.9. The van der Waals surface area contributed by atoms with E-state index in [-0.39, 0.29) is 10.7 Å². The van der Waals surface area contributed by atoms with Crippen LogP contribution in [-0.4, -0.2) is 40.2 Å². The van der Waals surface area contributed by atoms with Crippen molar-refractivity contribution in [3.63, 3.8) is 0 Å². The zero-order chi connectivity index (χ0) is 32.6. The van der Waals surface area contributed by atoms with Crippen molar-refractivity contribution in [3.05, 3.63) is 112 Å². The highest BCUT2D eigenvalue weighted by atomic mass is 35.5. The van der Waals surface area contributed by atoms with Gasteiger partial charge in [0, 0.05) is 10.8 Å². The van der Waals surface area contributed by atoms with Crippen LogP contribution >= 0.6 is 34.7 Å². The number of thioether (sulfide) groups is 1. The number of carbonyl (C=O) groups excluding carboxylic acids is 2. The summed E-state index contributed by atoms with van der Waals surface area (Å²) in [6, 6.07) is 21.2. The van der Waals surface area contributed by atoms with Crippen molar-refractivity contribution in [1.29, 1.82) is 0 Å². The molecule has 238 valence electrons. The van der Waals surface area contributed by atoms with E-state index < -0.39 is 23.5 Å². The Morgan fingerprint density at radius 1 is 1.07 bits per heavy atom. The molecule has 1 aromatic heterocycles. The van der Waals surface area contributed by atoms with Gasteiger partial charge in [0.25, 0.3) is 5.91 Å². The van der Waals surface area contributed by atoms with Crippen LogP contribution in [0.2, 0.25) is 5.02 Å². The number of aliphatic hydroxyl groups excluding tert-OH is 1. The average molecular weight is 676 g/mol. The van der Waals surface area contributed by atoms with Gasteiger partial charge in [0.2, 0.25) is 5.13 Å². The Hall–Kier alpha value is -4.12. The fraction of sp³-hybridized carbons (Fsp3) is 0.257. The summed E-state index contributed by atoms with van der Waals surface area (Å²) in [6.45, 7) is 7.01. The topological polar surface area (TPSA) is 102 Å². The first-order valence-electron chi connectivity index (χ1n) is 14.9. The molecule has 0 radical (unpaired) electrons. The fourth-order valence-corrected chi connectivity index (χ4v) is 6.95. The van der Waals surface area contributed by atoms with Crippen LogP contribution in [0.3, 0.4) is 0 Å². The summed E-state index contributed by atoms with van der Waals surface area (Å²) in [4.78, 5) is 28.7. The number of hydrogen-bond donors (Lipinski definition) is 1. The maximum Gasteiger partial charge on any atom is 0.296 e. The molecule has 2 heterocycles. The van der Waals surface area contributed by atoms with Gasteiger partial charge in [-0.2, -0.15) is 0 Å². The van der Waals surface area contributed by atoms with Gasteiger partial charge in [-0.1, -0.05) is 109 Å².